The highest BCUT2D eigenvalue weighted by molar-refractivity contribution is 5.88. The number of allylic oxidation sites excluding steroid dienone is 1. The third kappa shape index (κ3) is 4.90. The molecule has 1 aliphatic rings. The van der Waals surface area contributed by atoms with Gasteiger partial charge in [0.05, 0.1) is 6.20 Å². The van der Waals surface area contributed by atoms with Gasteiger partial charge < -0.3 is 10.6 Å². The average Bonchev–Trinajstić information content (AvgIpc) is 3.20. The molecule has 30 heavy (non-hydrogen) atoms. The molecule has 0 unspecified atom stereocenters. The molecule has 0 amide bonds. The second kappa shape index (κ2) is 9.43. The van der Waals surface area contributed by atoms with Crippen LogP contribution in [0, 0.1) is 5.92 Å². The van der Waals surface area contributed by atoms with Gasteiger partial charge in [0.1, 0.15) is 5.82 Å². The summed E-state index contributed by atoms with van der Waals surface area (Å²) in [5.41, 5.74) is 3.39. The molecule has 0 bridgehead atoms. The van der Waals surface area contributed by atoms with Crippen molar-refractivity contribution in [3.63, 3.8) is 0 Å². The first-order valence-electron chi connectivity index (χ1n) is 11.2. The van der Waals surface area contributed by atoms with Gasteiger partial charge in [-0.1, -0.05) is 32.1 Å². The largest absolute Gasteiger partial charge is 0.344 e. The topological polar surface area (TPSA) is 54.8 Å². The summed E-state index contributed by atoms with van der Waals surface area (Å²) < 4.78 is 1.83. The van der Waals surface area contributed by atoms with Crippen LogP contribution in [0.3, 0.4) is 0 Å². The van der Waals surface area contributed by atoms with Crippen molar-refractivity contribution in [2.24, 2.45) is 13.0 Å². The molecule has 1 saturated carbocycles. The lowest BCUT2D eigenvalue weighted by Crippen LogP contribution is -2.34. The lowest BCUT2D eigenvalue weighted by molar-refractivity contribution is 0.319. The van der Waals surface area contributed by atoms with E-state index in [0.29, 0.717) is 12.0 Å². The van der Waals surface area contributed by atoms with Crippen LogP contribution in [0.4, 0.5) is 5.82 Å². The Balaban J connectivity index is 1.39. The molecule has 0 atom stereocenters. The number of benzene rings is 1. The van der Waals surface area contributed by atoms with Gasteiger partial charge in [-0.25, -0.2) is 4.98 Å². The van der Waals surface area contributed by atoms with Crippen molar-refractivity contribution < 1.29 is 0 Å². The Hall–Kier alpha value is -2.66. The SMILES string of the molecule is C=C(Nc1cc2cc(-c3cnn(C)c3)ccc2cn1)C1CCC(NCCCC)CC1. The van der Waals surface area contributed by atoms with Crippen LogP contribution in [0.1, 0.15) is 45.4 Å². The summed E-state index contributed by atoms with van der Waals surface area (Å²) >= 11 is 0. The molecule has 2 heterocycles. The molecule has 3 aromatic rings. The van der Waals surface area contributed by atoms with Crippen molar-refractivity contribution in [2.75, 3.05) is 11.9 Å². The first kappa shape index (κ1) is 20.6. The van der Waals surface area contributed by atoms with Crippen LogP contribution in [-0.4, -0.2) is 27.4 Å². The third-order valence-corrected chi connectivity index (χ3v) is 6.23. The first-order chi connectivity index (χ1) is 14.6. The van der Waals surface area contributed by atoms with Crippen molar-refractivity contribution in [3.05, 3.63) is 55.1 Å². The number of nitrogens with one attached hydrogen (secondary N) is 2. The number of rotatable bonds is 8. The maximum Gasteiger partial charge on any atom is 0.130 e. The van der Waals surface area contributed by atoms with E-state index in [1.54, 1.807) is 0 Å². The van der Waals surface area contributed by atoms with E-state index in [2.05, 4.69) is 58.5 Å². The van der Waals surface area contributed by atoms with Gasteiger partial charge in [0.15, 0.2) is 0 Å². The number of aryl methyl sites for hydroxylation is 1. The lowest BCUT2D eigenvalue weighted by atomic mass is 9.84. The number of anilines is 1. The Kier molecular flexibility index (Phi) is 6.48. The van der Waals surface area contributed by atoms with Crippen molar-refractivity contribution in [2.45, 2.75) is 51.5 Å². The van der Waals surface area contributed by atoms with Gasteiger partial charge in [0, 0.05) is 42.1 Å². The monoisotopic (exact) mass is 403 g/mol. The highest BCUT2D eigenvalue weighted by Crippen LogP contribution is 2.31. The molecule has 5 nitrogen and oxygen atoms in total. The summed E-state index contributed by atoms with van der Waals surface area (Å²) in [5, 5.41) is 13.8. The molecule has 0 radical (unpaired) electrons. The number of aromatic nitrogens is 3. The van der Waals surface area contributed by atoms with E-state index < -0.39 is 0 Å². The summed E-state index contributed by atoms with van der Waals surface area (Å²) in [5.74, 6) is 1.40. The van der Waals surface area contributed by atoms with Gasteiger partial charge >= 0.3 is 0 Å². The standard InChI is InChI=1S/C25H33N5/c1-4-5-12-26-24-10-8-19(9-11-24)18(2)29-25-14-22-13-20(6-7-21(22)15-27-25)23-16-28-30(3)17-23/h6-7,13-17,19,24,26H,2,4-5,8-12H2,1,3H3,(H,27,29). The fourth-order valence-electron chi connectivity index (χ4n) is 4.35. The number of hydrogen-bond acceptors (Lipinski definition) is 4. The van der Waals surface area contributed by atoms with Crippen LogP contribution < -0.4 is 10.6 Å². The van der Waals surface area contributed by atoms with E-state index >= 15 is 0 Å². The summed E-state index contributed by atoms with van der Waals surface area (Å²) in [7, 11) is 1.94. The number of unbranched alkanes of at least 4 members (excludes halogenated alkanes) is 1. The fourth-order valence-corrected chi connectivity index (χ4v) is 4.35. The molecule has 158 valence electrons. The minimum Gasteiger partial charge on any atom is -0.344 e. The molecule has 2 aromatic heterocycles. The summed E-state index contributed by atoms with van der Waals surface area (Å²) in [4.78, 5) is 4.61. The normalized spacial score (nSPS) is 19.1. The van der Waals surface area contributed by atoms with Crippen molar-refractivity contribution in [1.82, 2.24) is 20.1 Å². The van der Waals surface area contributed by atoms with Crippen molar-refractivity contribution in [3.8, 4) is 11.1 Å². The van der Waals surface area contributed by atoms with E-state index in [-0.39, 0.29) is 0 Å². The molecular formula is C25H33N5. The maximum atomic E-state index is 4.61. The maximum absolute atomic E-state index is 4.61. The minimum atomic E-state index is 0.522. The Bertz CT molecular complexity index is 998. The molecule has 5 heteroatoms. The van der Waals surface area contributed by atoms with E-state index in [0.717, 1.165) is 29.0 Å². The summed E-state index contributed by atoms with van der Waals surface area (Å²) in [6, 6.07) is 9.24. The highest BCUT2D eigenvalue weighted by atomic mass is 15.2. The Morgan fingerprint density at radius 2 is 1.93 bits per heavy atom. The molecule has 0 aliphatic heterocycles. The highest BCUT2D eigenvalue weighted by Gasteiger charge is 2.22. The molecule has 0 spiro atoms. The quantitative estimate of drug-likeness (QED) is 0.487. The van der Waals surface area contributed by atoms with Crippen molar-refractivity contribution >= 4 is 16.6 Å². The lowest BCUT2D eigenvalue weighted by Gasteiger charge is -2.30. The Labute approximate surface area is 179 Å². The van der Waals surface area contributed by atoms with Crippen LogP contribution >= 0.6 is 0 Å². The van der Waals surface area contributed by atoms with Crippen LogP contribution in [0.25, 0.3) is 21.9 Å². The zero-order valence-corrected chi connectivity index (χ0v) is 18.2. The number of pyridine rings is 1. The van der Waals surface area contributed by atoms with E-state index in [1.807, 2.05) is 30.3 Å². The van der Waals surface area contributed by atoms with Gasteiger partial charge in [-0.05, 0) is 67.6 Å². The van der Waals surface area contributed by atoms with E-state index in [1.165, 1.54) is 49.5 Å². The molecule has 1 fully saturated rings. The van der Waals surface area contributed by atoms with Gasteiger partial charge in [0.2, 0.25) is 0 Å². The Morgan fingerprint density at radius 1 is 1.10 bits per heavy atom. The number of hydrogen-bond donors (Lipinski definition) is 2. The first-order valence-corrected chi connectivity index (χ1v) is 11.2. The number of nitrogens with zero attached hydrogens (tertiary/aromatic N) is 3. The summed E-state index contributed by atoms with van der Waals surface area (Å²) in [6.07, 6.45) is 13.2. The van der Waals surface area contributed by atoms with Gasteiger partial charge in [-0.2, -0.15) is 5.10 Å². The molecule has 0 saturated heterocycles. The van der Waals surface area contributed by atoms with Crippen LogP contribution in [0.5, 0.6) is 0 Å². The van der Waals surface area contributed by atoms with Gasteiger partial charge in [-0.15, -0.1) is 0 Å². The molecule has 1 aromatic carbocycles. The molecular weight excluding hydrogens is 370 g/mol. The smallest absolute Gasteiger partial charge is 0.130 e. The van der Waals surface area contributed by atoms with Crippen LogP contribution in [-0.2, 0) is 7.05 Å². The predicted octanol–water partition coefficient (Wildman–Crippen LogP) is 5.51. The zero-order chi connectivity index (χ0) is 20.9. The van der Waals surface area contributed by atoms with Crippen LogP contribution in [0.2, 0.25) is 0 Å². The number of fused-ring (bicyclic) bond motifs is 1. The average molecular weight is 404 g/mol. The minimum absolute atomic E-state index is 0.522. The predicted molar refractivity (Wildman–Crippen MR) is 125 cm³/mol. The summed E-state index contributed by atoms with van der Waals surface area (Å²) in [6.45, 7) is 7.73. The third-order valence-electron chi connectivity index (χ3n) is 6.23. The van der Waals surface area contributed by atoms with E-state index in [4.69, 9.17) is 0 Å². The van der Waals surface area contributed by atoms with Crippen LogP contribution in [0.15, 0.2) is 55.1 Å². The molecule has 2 N–H and O–H groups in total. The van der Waals surface area contributed by atoms with E-state index in [9.17, 15) is 0 Å². The second-order valence-corrected chi connectivity index (χ2v) is 8.54. The molecule has 1 aliphatic carbocycles. The van der Waals surface area contributed by atoms with Crippen molar-refractivity contribution in [1.29, 1.82) is 0 Å². The van der Waals surface area contributed by atoms with Gasteiger partial charge in [0.25, 0.3) is 0 Å². The fraction of sp³-hybridized carbons (Fsp3) is 0.440. The second-order valence-electron chi connectivity index (χ2n) is 8.54. The zero-order valence-electron chi connectivity index (χ0n) is 18.2. The Morgan fingerprint density at radius 3 is 2.67 bits per heavy atom. The molecule has 4 rings (SSSR count). The van der Waals surface area contributed by atoms with Gasteiger partial charge in [-0.3, -0.25) is 4.68 Å².